The van der Waals surface area contributed by atoms with Gasteiger partial charge in [0.15, 0.2) is 6.61 Å². The lowest BCUT2D eigenvalue weighted by Gasteiger charge is -2.07. The van der Waals surface area contributed by atoms with E-state index < -0.39 is 11.8 Å². The summed E-state index contributed by atoms with van der Waals surface area (Å²) < 4.78 is 17.9. The Morgan fingerprint density at radius 2 is 1.82 bits per heavy atom. The molecule has 0 unspecified atom stereocenters. The first-order valence-electron chi connectivity index (χ1n) is 6.37. The highest BCUT2D eigenvalue weighted by atomic mass is 35.5. The number of esters is 1. The Hall–Kier alpha value is -2.64. The summed E-state index contributed by atoms with van der Waals surface area (Å²) in [5, 5.41) is 9.09. The van der Waals surface area contributed by atoms with E-state index in [4.69, 9.17) is 21.6 Å². The molecule has 110 valence electrons. The molecular formula is C17H11ClFNO2. The van der Waals surface area contributed by atoms with Gasteiger partial charge in [0.05, 0.1) is 5.57 Å². The number of carbonyl (C=O) groups is 1. The van der Waals surface area contributed by atoms with Crippen LogP contribution in [0.5, 0.6) is 0 Å². The summed E-state index contributed by atoms with van der Waals surface area (Å²) in [7, 11) is 0. The first-order valence-corrected chi connectivity index (χ1v) is 6.75. The highest BCUT2D eigenvalue weighted by Gasteiger charge is 2.14. The minimum Gasteiger partial charge on any atom is -0.447 e. The van der Waals surface area contributed by atoms with E-state index in [9.17, 15) is 9.18 Å². The van der Waals surface area contributed by atoms with E-state index in [1.807, 2.05) is 0 Å². The minimum atomic E-state index is -0.650. The average Bonchev–Trinajstić information content (AvgIpc) is 2.53. The normalized spacial score (nSPS) is 10.9. The van der Waals surface area contributed by atoms with Crippen molar-refractivity contribution in [1.82, 2.24) is 0 Å². The fourth-order valence-corrected chi connectivity index (χ4v) is 1.92. The van der Waals surface area contributed by atoms with E-state index in [2.05, 4.69) is 0 Å². The Morgan fingerprint density at radius 3 is 2.41 bits per heavy atom. The van der Waals surface area contributed by atoms with Gasteiger partial charge in [0.1, 0.15) is 11.9 Å². The van der Waals surface area contributed by atoms with Crippen LogP contribution in [0.1, 0.15) is 11.1 Å². The van der Waals surface area contributed by atoms with E-state index in [1.165, 1.54) is 24.3 Å². The molecule has 0 atom stereocenters. The van der Waals surface area contributed by atoms with Crippen LogP contribution >= 0.6 is 11.6 Å². The number of carbonyl (C=O) groups excluding carboxylic acids is 1. The summed E-state index contributed by atoms with van der Waals surface area (Å²) in [5.41, 5.74) is 1.47. The summed E-state index contributed by atoms with van der Waals surface area (Å²) in [6.07, 6.45) is 1.60. The van der Waals surface area contributed by atoms with Crippen LogP contribution < -0.4 is 0 Å². The number of hydrogen-bond donors (Lipinski definition) is 0. The van der Waals surface area contributed by atoms with Gasteiger partial charge < -0.3 is 4.74 Å². The molecule has 0 radical (unpaired) electrons. The highest BCUT2D eigenvalue weighted by molar-refractivity contribution is 6.30. The standard InChI is InChI=1S/C17H11ClFNO2/c18-14-5-1-12(2-6-14)11-16(17(21)22-10-9-20)13-3-7-15(19)8-4-13/h1-8,11H,10H2/b16-11+. The molecule has 0 spiro atoms. The first-order chi connectivity index (χ1) is 10.6. The zero-order valence-electron chi connectivity index (χ0n) is 11.4. The molecular weight excluding hydrogens is 305 g/mol. The molecule has 0 aliphatic heterocycles. The Kier molecular flexibility index (Phi) is 5.29. The zero-order chi connectivity index (χ0) is 15.9. The van der Waals surface area contributed by atoms with Gasteiger partial charge in [-0.25, -0.2) is 9.18 Å². The van der Waals surface area contributed by atoms with Crippen molar-refractivity contribution in [3.63, 3.8) is 0 Å². The summed E-state index contributed by atoms with van der Waals surface area (Å²) in [6.45, 7) is -0.349. The molecule has 0 aromatic heterocycles. The lowest BCUT2D eigenvalue weighted by molar-refractivity contribution is -0.135. The van der Waals surface area contributed by atoms with E-state index in [-0.39, 0.29) is 12.2 Å². The number of ether oxygens (including phenoxy) is 1. The van der Waals surface area contributed by atoms with Crippen molar-refractivity contribution < 1.29 is 13.9 Å². The molecule has 2 rings (SSSR count). The van der Waals surface area contributed by atoms with Crippen LogP contribution in [0.3, 0.4) is 0 Å². The average molecular weight is 316 g/mol. The van der Waals surface area contributed by atoms with Gasteiger partial charge in [-0.2, -0.15) is 5.26 Å². The predicted molar refractivity (Wildman–Crippen MR) is 82.3 cm³/mol. The third-order valence-corrected chi connectivity index (χ3v) is 3.08. The molecule has 0 bridgehead atoms. The fourth-order valence-electron chi connectivity index (χ4n) is 1.79. The highest BCUT2D eigenvalue weighted by Crippen LogP contribution is 2.21. The third kappa shape index (κ3) is 4.18. The molecule has 3 nitrogen and oxygen atoms in total. The molecule has 0 aliphatic carbocycles. The Labute approximate surface area is 132 Å². The van der Waals surface area contributed by atoms with Crippen LogP contribution in [0.15, 0.2) is 48.5 Å². The number of benzene rings is 2. The molecule has 2 aromatic carbocycles. The molecule has 0 heterocycles. The van der Waals surface area contributed by atoms with Crippen LogP contribution in [0.2, 0.25) is 5.02 Å². The van der Waals surface area contributed by atoms with Crippen molar-refractivity contribution in [3.05, 3.63) is 70.5 Å². The number of nitrogens with zero attached hydrogens (tertiary/aromatic N) is 1. The van der Waals surface area contributed by atoms with E-state index >= 15 is 0 Å². The SMILES string of the molecule is N#CCOC(=O)/C(=C/c1ccc(Cl)cc1)c1ccc(F)cc1. The van der Waals surface area contributed by atoms with Crippen LogP contribution in [0.25, 0.3) is 11.6 Å². The summed E-state index contributed by atoms with van der Waals surface area (Å²) in [6, 6.07) is 14.1. The van der Waals surface area contributed by atoms with Gasteiger partial charge in [-0.1, -0.05) is 35.9 Å². The smallest absolute Gasteiger partial charge is 0.339 e. The van der Waals surface area contributed by atoms with Crippen molar-refractivity contribution in [3.8, 4) is 6.07 Å². The molecule has 0 aliphatic rings. The summed E-state index contributed by atoms with van der Waals surface area (Å²) in [5.74, 6) is -1.05. The van der Waals surface area contributed by atoms with Crippen molar-refractivity contribution in [2.45, 2.75) is 0 Å². The molecule has 5 heteroatoms. The van der Waals surface area contributed by atoms with Gasteiger partial charge >= 0.3 is 5.97 Å². The zero-order valence-corrected chi connectivity index (χ0v) is 12.2. The van der Waals surface area contributed by atoms with Crippen molar-refractivity contribution in [2.75, 3.05) is 6.61 Å². The predicted octanol–water partition coefficient (Wildman–Crippen LogP) is 4.09. The Morgan fingerprint density at radius 1 is 1.18 bits per heavy atom. The maximum Gasteiger partial charge on any atom is 0.339 e. The van der Waals surface area contributed by atoms with Gasteiger partial charge in [-0.15, -0.1) is 0 Å². The van der Waals surface area contributed by atoms with Crippen molar-refractivity contribution in [1.29, 1.82) is 5.26 Å². The maximum atomic E-state index is 13.0. The van der Waals surface area contributed by atoms with Crippen LogP contribution in [-0.2, 0) is 9.53 Å². The lowest BCUT2D eigenvalue weighted by atomic mass is 10.0. The molecule has 22 heavy (non-hydrogen) atoms. The molecule has 2 aromatic rings. The number of nitriles is 1. The Bertz CT molecular complexity index is 731. The second-order valence-electron chi connectivity index (χ2n) is 4.35. The van der Waals surface area contributed by atoms with E-state index in [1.54, 1.807) is 36.4 Å². The third-order valence-electron chi connectivity index (χ3n) is 2.82. The fraction of sp³-hybridized carbons (Fsp3) is 0.0588. The molecule has 0 saturated carbocycles. The minimum absolute atomic E-state index is 0.234. The largest absolute Gasteiger partial charge is 0.447 e. The lowest BCUT2D eigenvalue weighted by Crippen LogP contribution is -2.07. The van der Waals surface area contributed by atoms with Gasteiger partial charge in [-0.3, -0.25) is 0 Å². The molecule has 0 amide bonds. The molecule has 0 saturated heterocycles. The number of halogens is 2. The van der Waals surface area contributed by atoms with Crippen molar-refractivity contribution in [2.24, 2.45) is 0 Å². The van der Waals surface area contributed by atoms with Gasteiger partial charge in [-0.05, 0) is 41.5 Å². The van der Waals surface area contributed by atoms with Crippen molar-refractivity contribution >= 4 is 29.2 Å². The monoisotopic (exact) mass is 315 g/mol. The molecule has 0 fully saturated rings. The Balaban J connectivity index is 2.40. The number of hydrogen-bond acceptors (Lipinski definition) is 3. The van der Waals surface area contributed by atoms with E-state index in [0.717, 1.165) is 5.56 Å². The first kappa shape index (κ1) is 15.7. The quantitative estimate of drug-likeness (QED) is 0.485. The summed E-state index contributed by atoms with van der Waals surface area (Å²) >= 11 is 5.82. The maximum absolute atomic E-state index is 13.0. The molecule has 0 N–H and O–H groups in total. The van der Waals surface area contributed by atoms with Crippen LogP contribution in [-0.4, -0.2) is 12.6 Å². The van der Waals surface area contributed by atoms with Crippen LogP contribution in [0, 0.1) is 17.1 Å². The number of rotatable bonds is 4. The van der Waals surface area contributed by atoms with Crippen LogP contribution in [0.4, 0.5) is 4.39 Å². The second-order valence-corrected chi connectivity index (χ2v) is 4.79. The topological polar surface area (TPSA) is 50.1 Å². The van der Waals surface area contributed by atoms with Gasteiger partial charge in [0, 0.05) is 5.02 Å². The van der Waals surface area contributed by atoms with E-state index in [0.29, 0.717) is 10.6 Å². The second kappa shape index (κ2) is 7.39. The summed E-state index contributed by atoms with van der Waals surface area (Å²) in [4.78, 5) is 12.1. The van der Waals surface area contributed by atoms with Gasteiger partial charge in [0.2, 0.25) is 0 Å². The van der Waals surface area contributed by atoms with Gasteiger partial charge in [0.25, 0.3) is 0 Å².